The standard InChI is InChI=1S/C25H20N4O3S/c1-16-11-12-26-23(13-16)29-24(30)19-8-3-5-9-20(19)27-25(29)33-15-17-14-21(28-32-17)18-7-4-6-10-22(18)31-2/h3-14H,15H2,1-2H3. The first-order valence-electron chi connectivity index (χ1n) is 10.3. The third kappa shape index (κ3) is 4.12. The van der Waals surface area contributed by atoms with Gasteiger partial charge in [-0.25, -0.2) is 14.5 Å². The van der Waals surface area contributed by atoms with E-state index in [0.29, 0.717) is 39.1 Å². The molecular formula is C25H20N4O3S. The Morgan fingerprint density at radius 1 is 1.06 bits per heavy atom. The fourth-order valence-corrected chi connectivity index (χ4v) is 4.43. The predicted molar refractivity (Wildman–Crippen MR) is 128 cm³/mol. The molecular weight excluding hydrogens is 436 g/mol. The molecule has 5 aromatic rings. The summed E-state index contributed by atoms with van der Waals surface area (Å²) in [5.74, 6) is 2.36. The summed E-state index contributed by atoms with van der Waals surface area (Å²) in [6, 6.07) is 20.6. The normalized spacial score (nSPS) is 11.1. The molecule has 0 spiro atoms. The van der Waals surface area contributed by atoms with Gasteiger partial charge in [0.2, 0.25) is 0 Å². The summed E-state index contributed by atoms with van der Waals surface area (Å²) in [6.07, 6.45) is 1.69. The van der Waals surface area contributed by atoms with E-state index in [4.69, 9.17) is 14.2 Å². The Kier molecular flexibility index (Phi) is 5.66. The average molecular weight is 457 g/mol. The van der Waals surface area contributed by atoms with Crippen LogP contribution >= 0.6 is 11.8 Å². The lowest BCUT2D eigenvalue weighted by molar-refractivity contribution is 0.395. The number of aryl methyl sites for hydroxylation is 1. The van der Waals surface area contributed by atoms with E-state index in [1.807, 2.05) is 67.6 Å². The predicted octanol–water partition coefficient (Wildman–Crippen LogP) is 5.05. The van der Waals surface area contributed by atoms with E-state index in [1.54, 1.807) is 23.9 Å². The molecule has 33 heavy (non-hydrogen) atoms. The zero-order valence-electron chi connectivity index (χ0n) is 18.1. The summed E-state index contributed by atoms with van der Waals surface area (Å²) in [4.78, 5) is 22.5. The molecule has 0 bridgehead atoms. The van der Waals surface area contributed by atoms with Crippen LogP contribution in [-0.2, 0) is 5.75 Å². The quantitative estimate of drug-likeness (QED) is 0.261. The highest BCUT2D eigenvalue weighted by molar-refractivity contribution is 7.98. The SMILES string of the molecule is COc1ccccc1-c1cc(CSc2nc3ccccc3c(=O)n2-c2cc(C)ccn2)on1. The molecule has 3 heterocycles. The lowest BCUT2D eigenvalue weighted by atomic mass is 10.1. The van der Waals surface area contributed by atoms with Crippen LogP contribution in [0.1, 0.15) is 11.3 Å². The maximum atomic E-state index is 13.4. The molecule has 0 aliphatic heterocycles. The summed E-state index contributed by atoms with van der Waals surface area (Å²) >= 11 is 1.40. The number of pyridine rings is 1. The van der Waals surface area contributed by atoms with Crippen LogP contribution in [0.4, 0.5) is 0 Å². The van der Waals surface area contributed by atoms with Gasteiger partial charge in [0.05, 0.1) is 23.8 Å². The third-order valence-electron chi connectivity index (χ3n) is 5.16. The van der Waals surface area contributed by atoms with Crippen molar-refractivity contribution in [1.82, 2.24) is 19.7 Å². The van der Waals surface area contributed by atoms with Crippen LogP contribution in [0, 0.1) is 6.92 Å². The molecule has 0 N–H and O–H groups in total. The second kappa shape index (κ2) is 8.91. The Hall–Kier alpha value is -3.91. The van der Waals surface area contributed by atoms with Gasteiger partial charge in [-0.1, -0.05) is 41.2 Å². The van der Waals surface area contributed by atoms with Crippen LogP contribution in [0.2, 0.25) is 0 Å². The average Bonchev–Trinajstić information content (AvgIpc) is 3.32. The van der Waals surface area contributed by atoms with Gasteiger partial charge in [0.15, 0.2) is 5.16 Å². The molecule has 0 fully saturated rings. The van der Waals surface area contributed by atoms with Gasteiger partial charge >= 0.3 is 0 Å². The lowest BCUT2D eigenvalue weighted by Crippen LogP contribution is -2.22. The van der Waals surface area contributed by atoms with Crippen molar-refractivity contribution in [2.24, 2.45) is 0 Å². The maximum Gasteiger partial charge on any atom is 0.267 e. The number of ether oxygens (including phenoxy) is 1. The van der Waals surface area contributed by atoms with Crippen LogP contribution in [0.15, 0.2) is 87.4 Å². The Balaban J connectivity index is 1.51. The van der Waals surface area contributed by atoms with Crippen molar-refractivity contribution in [3.63, 3.8) is 0 Å². The molecule has 0 radical (unpaired) electrons. The topological polar surface area (TPSA) is 83.0 Å². The number of thioether (sulfide) groups is 1. The molecule has 0 atom stereocenters. The summed E-state index contributed by atoms with van der Waals surface area (Å²) in [5.41, 5.74) is 3.03. The number of fused-ring (bicyclic) bond motifs is 1. The minimum atomic E-state index is -0.159. The summed E-state index contributed by atoms with van der Waals surface area (Å²) in [6.45, 7) is 1.96. The lowest BCUT2D eigenvalue weighted by Gasteiger charge is -2.12. The molecule has 0 amide bonds. The monoisotopic (exact) mass is 456 g/mol. The van der Waals surface area contributed by atoms with E-state index >= 15 is 0 Å². The molecule has 8 heteroatoms. The van der Waals surface area contributed by atoms with Crippen molar-refractivity contribution in [2.75, 3.05) is 7.11 Å². The van der Waals surface area contributed by atoms with E-state index < -0.39 is 0 Å². The maximum absolute atomic E-state index is 13.4. The van der Waals surface area contributed by atoms with Crippen molar-refractivity contribution < 1.29 is 9.26 Å². The van der Waals surface area contributed by atoms with Crippen LogP contribution in [0.25, 0.3) is 28.0 Å². The fourth-order valence-electron chi connectivity index (χ4n) is 3.55. The summed E-state index contributed by atoms with van der Waals surface area (Å²) < 4.78 is 12.5. The number of hydrogen-bond donors (Lipinski definition) is 0. The first-order chi connectivity index (χ1) is 16.1. The number of hydrogen-bond acceptors (Lipinski definition) is 7. The van der Waals surface area contributed by atoms with Gasteiger partial charge in [0.1, 0.15) is 23.0 Å². The highest BCUT2D eigenvalue weighted by Gasteiger charge is 2.16. The smallest absolute Gasteiger partial charge is 0.267 e. The van der Waals surface area contributed by atoms with Crippen molar-refractivity contribution >= 4 is 22.7 Å². The van der Waals surface area contributed by atoms with E-state index in [2.05, 4.69) is 10.1 Å². The van der Waals surface area contributed by atoms with Crippen molar-refractivity contribution in [2.45, 2.75) is 17.8 Å². The Bertz CT molecular complexity index is 1510. The Morgan fingerprint density at radius 2 is 1.88 bits per heavy atom. The molecule has 0 aliphatic carbocycles. The molecule has 164 valence electrons. The molecule has 0 aliphatic rings. The van der Waals surface area contributed by atoms with Gasteiger partial charge in [-0.2, -0.15) is 0 Å². The molecule has 3 aromatic heterocycles. The van der Waals surface area contributed by atoms with Gasteiger partial charge in [-0.05, 0) is 48.9 Å². The second-order valence-corrected chi connectivity index (χ2v) is 8.35. The second-order valence-electron chi connectivity index (χ2n) is 7.41. The van der Waals surface area contributed by atoms with Crippen LogP contribution in [-0.4, -0.2) is 26.8 Å². The zero-order chi connectivity index (χ0) is 22.8. The fraction of sp³-hybridized carbons (Fsp3) is 0.120. The van der Waals surface area contributed by atoms with Crippen molar-refractivity contribution in [1.29, 1.82) is 0 Å². The van der Waals surface area contributed by atoms with Crippen molar-refractivity contribution in [3.05, 3.63) is 94.6 Å². The van der Waals surface area contributed by atoms with E-state index in [0.717, 1.165) is 16.9 Å². The van der Waals surface area contributed by atoms with Gasteiger partial charge in [-0.15, -0.1) is 0 Å². The van der Waals surface area contributed by atoms with Crippen LogP contribution < -0.4 is 10.3 Å². The van der Waals surface area contributed by atoms with Gasteiger partial charge in [0.25, 0.3) is 5.56 Å². The molecule has 0 saturated carbocycles. The number of rotatable bonds is 6. The molecule has 2 aromatic carbocycles. The zero-order valence-corrected chi connectivity index (χ0v) is 18.9. The minimum Gasteiger partial charge on any atom is -0.496 e. The molecule has 0 unspecified atom stereocenters. The van der Waals surface area contributed by atoms with Gasteiger partial charge in [-0.3, -0.25) is 4.79 Å². The first-order valence-corrected chi connectivity index (χ1v) is 11.3. The van der Waals surface area contributed by atoms with Crippen molar-refractivity contribution in [3.8, 4) is 22.8 Å². The Morgan fingerprint density at radius 3 is 2.73 bits per heavy atom. The van der Waals surface area contributed by atoms with E-state index in [1.165, 1.54) is 11.8 Å². The van der Waals surface area contributed by atoms with Crippen LogP contribution in [0.3, 0.4) is 0 Å². The third-order valence-corrected chi connectivity index (χ3v) is 6.12. The summed E-state index contributed by atoms with van der Waals surface area (Å²) in [5, 5.41) is 5.28. The first kappa shape index (κ1) is 21.0. The highest BCUT2D eigenvalue weighted by atomic mass is 32.2. The van der Waals surface area contributed by atoms with Gasteiger partial charge in [0, 0.05) is 17.8 Å². The highest BCUT2D eigenvalue weighted by Crippen LogP contribution is 2.31. The molecule has 5 rings (SSSR count). The van der Waals surface area contributed by atoms with E-state index in [-0.39, 0.29) is 5.56 Å². The van der Waals surface area contributed by atoms with Gasteiger partial charge < -0.3 is 9.26 Å². The Labute approximate surface area is 194 Å². The molecule has 7 nitrogen and oxygen atoms in total. The van der Waals surface area contributed by atoms with Crippen LogP contribution in [0.5, 0.6) is 5.75 Å². The summed E-state index contributed by atoms with van der Waals surface area (Å²) in [7, 11) is 1.62. The number of nitrogens with zero attached hydrogens (tertiary/aromatic N) is 4. The number of benzene rings is 2. The number of methoxy groups -OCH3 is 1. The molecule has 0 saturated heterocycles. The van der Waals surface area contributed by atoms with E-state index in [9.17, 15) is 4.79 Å². The number of para-hydroxylation sites is 2. The minimum absolute atomic E-state index is 0.159. The largest absolute Gasteiger partial charge is 0.496 e. The number of aromatic nitrogens is 4.